The van der Waals surface area contributed by atoms with Crippen LogP contribution in [0.4, 0.5) is 0 Å². The van der Waals surface area contributed by atoms with Crippen molar-refractivity contribution in [3.8, 4) is 0 Å². The minimum Gasteiger partial charge on any atom is -0.353 e. The van der Waals surface area contributed by atoms with Gasteiger partial charge < -0.3 is 5.32 Å². The summed E-state index contributed by atoms with van der Waals surface area (Å²) in [5.74, 6) is 2.46. The Bertz CT molecular complexity index is 631. The predicted molar refractivity (Wildman–Crippen MR) is 87.6 cm³/mol. The Balaban J connectivity index is 1.59. The van der Waals surface area contributed by atoms with Crippen molar-refractivity contribution in [3.63, 3.8) is 0 Å². The zero-order valence-electron chi connectivity index (χ0n) is 12.3. The van der Waals surface area contributed by atoms with Crippen LogP contribution in [0.25, 0.3) is 10.9 Å². The number of aromatic nitrogens is 2. The lowest BCUT2D eigenvalue weighted by molar-refractivity contribution is -0.122. The molecular weight excluding hydrogens is 282 g/mol. The van der Waals surface area contributed by atoms with Crippen LogP contribution < -0.4 is 5.32 Å². The maximum absolute atomic E-state index is 12.1. The summed E-state index contributed by atoms with van der Waals surface area (Å²) in [5, 5.41) is 8.70. The van der Waals surface area contributed by atoms with Gasteiger partial charge in [0, 0.05) is 17.8 Å². The van der Waals surface area contributed by atoms with E-state index >= 15 is 0 Å². The van der Waals surface area contributed by atoms with E-state index in [2.05, 4.69) is 29.5 Å². The lowest BCUT2D eigenvalue weighted by Crippen LogP contribution is -2.37. The van der Waals surface area contributed by atoms with Gasteiger partial charge >= 0.3 is 0 Å². The van der Waals surface area contributed by atoms with Crippen molar-refractivity contribution in [1.29, 1.82) is 0 Å². The summed E-state index contributed by atoms with van der Waals surface area (Å²) in [5.41, 5.74) is 2.34. The van der Waals surface area contributed by atoms with Gasteiger partial charge in [0.15, 0.2) is 0 Å². The molecule has 0 atom stereocenters. The fraction of sp³-hybridized carbons (Fsp3) is 0.500. The molecule has 1 aromatic carbocycles. The summed E-state index contributed by atoms with van der Waals surface area (Å²) in [7, 11) is 0. The molecule has 1 fully saturated rings. The van der Waals surface area contributed by atoms with Gasteiger partial charge in [0.25, 0.3) is 0 Å². The highest BCUT2D eigenvalue weighted by atomic mass is 32.2. The van der Waals surface area contributed by atoms with Gasteiger partial charge in [0.2, 0.25) is 5.91 Å². The molecule has 4 nitrogen and oxygen atoms in total. The number of aryl methyl sites for hydroxylation is 2. The van der Waals surface area contributed by atoms with E-state index < -0.39 is 0 Å². The summed E-state index contributed by atoms with van der Waals surface area (Å²) in [4.78, 5) is 12.1. The fourth-order valence-corrected chi connectivity index (χ4v) is 3.95. The molecule has 1 aliphatic heterocycles. The fourth-order valence-electron chi connectivity index (χ4n) is 2.85. The third kappa shape index (κ3) is 3.40. The normalized spacial score (nSPS) is 16.2. The molecular formula is C16H21N3OS. The Hall–Kier alpha value is -1.49. The largest absolute Gasteiger partial charge is 0.353 e. The molecule has 0 bridgehead atoms. The molecule has 2 heterocycles. The quantitative estimate of drug-likeness (QED) is 0.945. The number of para-hydroxylation sites is 1. The number of nitrogens with one attached hydrogen (secondary N) is 1. The maximum atomic E-state index is 12.1. The molecule has 1 aliphatic rings. The number of carbonyl (C=O) groups excluding carboxylic acids is 1. The van der Waals surface area contributed by atoms with Gasteiger partial charge in [-0.05, 0) is 36.8 Å². The van der Waals surface area contributed by atoms with Crippen LogP contribution >= 0.6 is 11.8 Å². The SMILES string of the molecule is Cc1cccc2cnn(CCC(=O)NC3CCSCC3)c12. The highest BCUT2D eigenvalue weighted by molar-refractivity contribution is 7.99. The van der Waals surface area contributed by atoms with E-state index in [4.69, 9.17) is 0 Å². The van der Waals surface area contributed by atoms with Gasteiger partial charge in [-0.15, -0.1) is 0 Å². The van der Waals surface area contributed by atoms with Gasteiger partial charge in [-0.1, -0.05) is 18.2 Å². The summed E-state index contributed by atoms with van der Waals surface area (Å²) in [6.07, 6.45) is 4.56. The zero-order chi connectivity index (χ0) is 14.7. The average Bonchev–Trinajstić information content (AvgIpc) is 2.91. The highest BCUT2D eigenvalue weighted by Crippen LogP contribution is 2.19. The molecule has 0 radical (unpaired) electrons. The van der Waals surface area contributed by atoms with Crippen LogP contribution in [0.1, 0.15) is 24.8 Å². The third-order valence-electron chi connectivity index (χ3n) is 4.00. The van der Waals surface area contributed by atoms with Crippen LogP contribution in [-0.2, 0) is 11.3 Å². The van der Waals surface area contributed by atoms with E-state index in [1.807, 2.05) is 28.7 Å². The number of thioether (sulfide) groups is 1. The maximum Gasteiger partial charge on any atom is 0.222 e. The first-order chi connectivity index (χ1) is 10.2. The molecule has 5 heteroatoms. The van der Waals surface area contributed by atoms with Crippen molar-refractivity contribution in [3.05, 3.63) is 30.0 Å². The molecule has 2 aromatic rings. The highest BCUT2D eigenvalue weighted by Gasteiger charge is 2.16. The number of benzene rings is 1. The van der Waals surface area contributed by atoms with E-state index in [0.29, 0.717) is 19.0 Å². The molecule has 1 aromatic heterocycles. The molecule has 0 aliphatic carbocycles. The van der Waals surface area contributed by atoms with Crippen LogP contribution in [0, 0.1) is 6.92 Å². The lowest BCUT2D eigenvalue weighted by atomic mass is 10.1. The monoisotopic (exact) mass is 303 g/mol. The van der Waals surface area contributed by atoms with Crippen molar-refractivity contribution in [2.75, 3.05) is 11.5 Å². The van der Waals surface area contributed by atoms with Gasteiger partial charge in [0.1, 0.15) is 0 Å². The first kappa shape index (κ1) is 14.4. The second-order valence-electron chi connectivity index (χ2n) is 5.58. The minimum atomic E-state index is 0.143. The van der Waals surface area contributed by atoms with Crippen LogP contribution in [0.5, 0.6) is 0 Å². The van der Waals surface area contributed by atoms with E-state index in [0.717, 1.165) is 35.3 Å². The number of nitrogens with zero attached hydrogens (tertiary/aromatic N) is 2. The number of hydrogen-bond donors (Lipinski definition) is 1. The summed E-state index contributed by atoms with van der Waals surface area (Å²) >= 11 is 1.97. The zero-order valence-corrected chi connectivity index (χ0v) is 13.2. The topological polar surface area (TPSA) is 46.9 Å². The van der Waals surface area contributed by atoms with Gasteiger partial charge in [-0.2, -0.15) is 16.9 Å². The van der Waals surface area contributed by atoms with E-state index in [1.54, 1.807) is 0 Å². The van der Waals surface area contributed by atoms with E-state index in [9.17, 15) is 4.79 Å². The molecule has 3 rings (SSSR count). The summed E-state index contributed by atoms with van der Waals surface area (Å²) < 4.78 is 1.95. The van der Waals surface area contributed by atoms with Gasteiger partial charge in [-0.25, -0.2) is 0 Å². The standard InChI is InChI=1S/C16H21N3OS/c1-12-3-2-4-13-11-17-19(16(12)13)8-5-15(20)18-14-6-9-21-10-7-14/h2-4,11,14H,5-10H2,1H3,(H,18,20). The Kier molecular flexibility index (Phi) is 4.48. The molecule has 0 saturated carbocycles. The van der Waals surface area contributed by atoms with Crippen molar-refractivity contribution >= 4 is 28.6 Å². The van der Waals surface area contributed by atoms with Crippen molar-refractivity contribution in [2.24, 2.45) is 0 Å². The van der Waals surface area contributed by atoms with Gasteiger partial charge in [-0.3, -0.25) is 9.48 Å². The number of fused-ring (bicyclic) bond motifs is 1. The minimum absolute atomic E-state index is 0.143. The molecule has 1 saturated heterocycles. The second-order valence-corrected chi connectivity index (χ2v) is 6.81. The first-order valence-electron chi connectivity index (χ1n) is 7.52. The van der Waals surface area contributed by atoms with E-state index in [-0.39, 0.29) is 5.91 Å². The molecule has 112 valence electrons. The number of rotatable bonds is 4. The Morgan fingerprint density at radius 3 is 3.05 bits per heavy atom. The average molecular weight is 303 g/mol. The number of hydrogen-bond acceptors (Lipinski definition) is 3. The second kappa shape index (κ2) is 6.52. The summed E-state index contributed by atoms with van der Waals surface area (Å²) in [6, 6.07) is 6.55. The Morgan fingerprint density at radius 2 is 2.24 bits per heavy atom. The van der Waals surface area contributed by atoms with Crippen molar-refractivity contribution < 1.29 is 4.79 Å². The van der Waals surface area contributed by atoms with E-state index in [1.165, 1.54) is 5.56 Å². The smallest absolute Gasteiger partial charge is 0.222 e. The first-order valence-corrected chi connectivity index (χ1v) is 8.68. The predicted octanol–water partition coefficient (Wildman–Crippen LogP) is 2.75. The van der Waals surface area contributed by atoms with Crippen molar-refractivity contribution in [2.45, 2.75) is 38.8 Å². The molecule has 0 spiro atoms. The molecule has 1 N–H and O–H groups in total. The van der Waals surface area contributed by atoms with Gasteiger partial charge in [0.05, 0.1) is 18.3 Å². The Morgan fingerprint density at radius 1 is 1.43 bits per heavy atom. The Labute approximate surface area is 129 Å². The van der Waals surface area contributed by atoms with Crippen LogP contribution in [0.2, 0.25) is 0 Å². The number of carbonyl (C=O) groups is 1. The van der Waals surface area contributed by atoms with Crippen LogP contribution in [0.3, 0.4) is 0 Å². The number of amides is 1. The van der Waals surface area contributed by atoms with Crippen LogP contribution in [0.15, 0.2) is 24.4 Å². The molecule has 1 amide bonds. The van der Waals surface area contributed by atoms with Crippen LogP contribution in [-0.4, -0.2) is 33.2 Å². The molecule has 21 heavy (non-hydrogen) atoms. The summed E-state index contributed by atoms with van der Waals surface area (Å²) in [6.45, 7) is 2.72. The third-order valence-corrected chi connectivity index (χ3v) is 5.05. The lowest BCUT2D eigenvalue weighted by Gasteiger charge is -2.22. The van der Waals surface area contributed by atoms with Crippen molar-refractivity contribution in [1.82, 2.24) is 15.1 Å². The molecule has 0 unspecified atom stereocenters.